The molecule has 100 valence electrons. The Kier molecular flexibility index (Phi) is 4.53. The highest BCUT2D eigenvalue weighted by atomic mass is 16.7. The molecule has 0 saturated carbocycles. The lowest BCUT2D eigenvalue weighted by atomic mass is 9.77. The molecule has 1 rings (SSSR count). The summed E-state index contributed by atoms with van der Waals surface area (Å²) in [6.45, 7) is 9.83. The molecular weight excluding hydrogens is 229 g/mol. The highest BCUT2D eigenvalue weighted by molar-refractivity contribution is 6.55. The molecule has 0 atom stereocenters. The van der Waals surface area contributed by atoms with Gasteiger partial charge in [0.2, 0.25) is 0 Å². The number of hydrogen-bond donors (Lipinski definition) is 1. The Morgan fingerprint density at radius 2 is 1.67 bits per heavy atom. The first-order chi connectivity index (χ1) is 8.19. The smallest absolute Gasteiger partial charge is 0.399 e. The molecule has 0 aliphatic carbocycles. The van der Waals surface area contributed by atoms with Crippen LogP contribution in [0.3, 0.4) is 0 Å². The van der Waals surface area contributed by atoms with Gasteiger partial charge in [-0.2, -0.15) is 0 Å². The molecule has 5 heteroatoms. The minimum atomic E-state index is -0.478. The van der Waals surface area contributed by atoms with Gasteiger partial charge in [0.05, 0.1) is 11.2 Å². The zero-order valence-corrected chi connectivity index (χ0v) is 11.8. The Hall–Kier alpha value is -0.905. The van der Waals surface area contributed by atoms with E-state index < -0.39 is 18.3 Å². The molecule has 1 fully saturated rings. The lowest BCUT2D eigenvalue weighted by Crippen LogP contribution is -2.41. The molecule has 1 aliphatic rings. The van der Waals surface area contributed by atoms with Crippen molar-refractivity contribution >= 4 is 12.9 Å². The van der Waals surface area contributed by atoms with Gasteiger partial charge < -0.3 is 15.0 Å². The Morgan fingerprint density at radius 1 is 1.17 bits per heavy atom. The molecule has 0 aromatic rings. The van der Waals surface area contributed by atoms with Gasteiger partial charge in [-0.25, -0.2) is 0 Å². The molecule has 1 aliphatic heterocycles. The second kappa shape index (κ2) is 5.39. The van der Waals surface area contributed by atoms with Gasteiger partial charge >= 0.3 is 7.12 Å². The van der Waals surface area contributed by atoms with Crippen molar-refractivity contribution in [3.05, 3.63) is 23.7 Å². The molecule has 4 nitrogen and oxygen atoms in total. The van der Waals surface area contributed by atoms with E-state index in [1.807, 2.05) is 33.8 Å². The molecule has 0 aromatic heterocycles. The Morgan fingerprint density at radius 3 is 2.06 bits per heavy atom. The zero-order valence-electron chi connectivity index (χ0n) is 11.8. The third kappa shape index (κ3) is 3.31. The van der Waals surface area contributed by atoms with Gasteiger partial charge in [0.1, 0.15) is 0 Å². The molecular formula is C13H22BNO3. The summed E-state index contributed by atoms with van der Waals surface area (Å²) in [4.78, 5) is 11.0. The summed E-state index contributed by atoms with van der Waals surface area (Å²) in [5.41, 5.74) is 5.53. The van der Waals surface area contributed by atoms with Crippen molar-refractivity contribution in [2.45, 2.75) is 45.8 Å². The van der Waals surface area contributed by atoms with Crippen molar-refractivity contribution in [1.29, 1.82) is 0 Å². The highest BCUT2D eigenvalue weighted by Gasteiger charge is 2.51. The van der Waals surface area contributed by atoms with E-state index in [9.17, 15) is 4.79 Å². The Labute approximate surface area is 109 Å². The number of carbonyl (C=O) groups is 1. The predicted octanol–water partition coefficient (Wildman–Crippen LogP) is 1.65. The van der Waals surface area contributed by atoms with Gasteiger partial charge in [-0.05, 0) is 46.2 Å². The quantitative estimate of drug-likeness (QED) is 0.469. The van der Waals surface area contributed by atoms with Crippen molar-refractivity contribution in [2.24, 2.45) is 5.73 Å². The molecule has 0 spiro atoms. The third-order valence-electron chi connectivity index (χ3n) is 3.39. The van der Waals surface area contributed by atoms with Gasteiger partial charge in [0, 0.05) is 6.54 Å². The van der Waals surface area contributed by atoms with E-state index in [-0.39, 0.29) is 5.78 Å². The van der Waals surface area contributed by atoms with Crippen LogP contribution in [0.2, 0.25) is 0 Å². The summed E-state index contributed by atoms with van der Waals surface area (Å²) in [5.74, 6) is -0.0190. The molecule has 1 heterocycles. The van der Waals surface area contributed by atoms with E-state index in [0.29, 0.717) is 6.54 Å². The summed E-state index contributed by atoms with van der Waals surface area (Å²) in [7, 11) is -0.478. The fraction of sp³-hybridized carbons (Fsp3) is 0.615. The van der Waals surface area contributed by atoms with E-state index in [2.05, 4.69) is 0 Å². The van der Waals surface area contributed by atoms with E-state index in [0.717, 1.165) is 5.47 Å². The van der Waals surface area contributed by atoms with E-state index in [1.54, 1.807) is 6.08 Å². The SMILES string of the molecule is CC(=O)C=C/C(=C\CN)B1OC(C)(C)C(C)(C)O1. The van der Waals surface area contributed by atoms with Crippen LogP contribution >= 0.6 is 0 Å². The lowest BCUT2D eigenvalue weighted by Gasteiger charge is -2.32. The molecule has 0 aromatic carbocycles. The minimum absolute atomic E-state index is 0.0190. The molecule has 0 unspecified atom stereocenters. The third-order valence-corrected chi connectivity index (χ3v) is 3.39. The monoisotopic (exact) mass is 251 g/mol. The highest BCUT2D eigenvalue weighted by Crippen LogP contribution is 2.38. The maximum atomic E-state index is 11.0. The Balaban J connectivity index is 2.92. The molecule has 0 bridgehead atoms. The Bertz CT molecular complexity index is 370. The van der Waals surface area contributed by atoms with Crippen LogP contribution in [0.5, 0.6) is 0 Å². The maximum Gasteiger partial charge on any atom is 0.494 e. The van der Waals surface area contributed by atoms with Crippen LogP contribution in [0.4, 0.5) is 0 Å². The van der Waals surface area contributed by atoms with E-state index >= 15 is 0 Å². The van der Waals surface area contributed by atoms with Crippen LogP contribution in [0.15, 0.2) is 23.7 Å². The van der Waals surface area contributed by atoms with Crippen molar-refractivity contribution in [3.63, 3.8) is 0 Å². The van der Waals surface area contributed by atoms with Crippen LogP contribution < -0.4 is 5.73 Å². The number of rotatable bonds is 4. The van der Waals surface area contributed by atoms with Gasteiger partial charge in [-0.1, -0.05) is 12.2 Å². The minimum Gasteiger partial charge on any atom is -0.399 e. The number of ketones is 1. The van der Waals surface area contributed by atoms with Crippen LogP contribution in [0.1, 0.15) is 34.6 Å². The topological polar surface area (TPSA) is 61.6 Å². The van der Waals surface area contributed by atoms with Crippen molar-refractivity contribution in [2.75, 3.05) is 6.54 Å². The summed E-state index contributed by atoms with van der Waals surface area (Å²) in [5, 5.41) is 0. The largest absolute Gasteiger partial charge is 0.494 e. The second-order valence-corrected chi connectivity index (χ2v) is 5.47. The second-order valence-electron chi connectivity index (χ2n) is 5.47. The van der Waals surface area contributed by atoms with Crippen molar-refractivity contribution in [1.82, 2.24) is 0 Å². The van der Waals surface area contributed by atoms with Crippen LogP contribution in [0.25, 0.3) is 0 Å². The molecule has 18 heavy (non-hydrogen) atoms. The van der Waals surface area contributed by atoms with Crippen LogP contribution in [-0.2, 0) is 14.1 Å². The van der Waals surface area contributed by atoms with E-state index in [4.69, 9.17) is 15.0 Å². The summed E-state index contributed by atoms with van der Waals surface area (Å²) < 4.78 is 11.8. The normalized spacial score (nSPS) is 22.8. The van der Waals surface area contributed by atoms with Gasteiger partial charge in [0.25, 0.3) is 0 Å². The number of nitrogens with two attached hydrogens (primary N) is 1. The van der Waals surface area contributed by atoms with Crippen molar-refractivity contribution < 1.29 is 14.1 Å². The van der Waals surface area contributed by atoms with Crippen molar-refractivity contribution in [3.8, 4) is 0 Å². The first-order valence-electron chi connectivity index (χ1n) is 6.14. The fourth-order valence-corrected chi connectivity index (χ4v) is 1.57. The number of hydrogen-bond acceptors (Lipinski definition) is 4. The predicted molar refractivity (Wildman–Crippen MR) is 73.0 cm³/mol. The lowest BCUT2D eigenvalue weighted by molar-refractivity contribution is -0.112. The molecule has 2 N–H and O–H groups in total. The number of allylic oxidation sites excluding steroid dienone is 3. The number of carbonyl (C=O) groups excluding carboxylic acids is 1. The average Bonchev–Trinajstić information content (AvgIpc) is 2.42. The van der Waals surface area contributed by atoms with Crippen LogP contribution in [0, 0.1) is 0 Å². The van der Waals surface area contributed by atoms with Gasteiger partial charge in [0.15, 0.2) is 5.78 Å². The average molecular weight is 251 g/mol. The molecule has 1 saturated heterocycles. The zero-order chi connectivity index (χ0) is 14.0. The summed E-state index contributed by atoms with van der Waals surface area (Å²) in [6.07, 6.45) is 5.01. The van der Waals surface area contributed by atoms with Gasteiger partial charge in [-0.15, -0.1) is 0 Å². The standard InChI is InChI=1S/C13H22BNO3/c1-10(16)6-7-11(8-9-15)14-17-12(2,3)13(4,5)18-14/h6-8H,9,15H2,1-5H3/b7-6?,11-8+. The van der Waals surface area contributed by atoms with E-state index in [1.165, 1.54) is 13.0 Å². The van der Waals surface area contributed by atoms with Gasteiger partial charge in [-0.3, -0.25) is 4.79 Å². The van der Waals surface area contributed by atoms with Crippen LogP contribution in [-0.4, -0.2) is 30.6 Å². The maximum absolute atomic E-state index is 11.0. The fourth-order valence-electron chi connectivity index (χ4n) is 1.57. The summed E-state index contributed by atoms with van der Waals surface area (Å²) >= 11 is 0. The summed E-state index contributed by atoms with van der Waals surface area (Å²) in [6, 6.07) is 0. The molecule has 0 radical (unpaired) electrons. The molecule has 0 amide bonds. The first kappa shape index (κ1) is 15.2. The first-order valence-corrected chi connectivity index (χ1v) is 6.14.